The number of nitrogens with one attached hydrogen (secondary N) is 3. The van der Waals surface area contributed by atoms with Crippen LogP contribution in [0, 0.1) is 16.9 Å². The molecular formula is C26H22F2N8OS. The predicted molar refractivity (Wildman–Crippen MR) is 142 cm³/mol. The lowest BCUT2D eigenvalue weighted by Gasteiger charge is -2.16. The van der Waals surface area contributed by atoms with E-state index in [1.54, 1.807) is 30.6 Å². The lowest BCUT2D eigenvalue weighted by atomic mass is 10.1. The van der Waals surface area contributed by atoms with E-state index in [1.807, 2.05) is 13.8 Å². The molecule has 0 radical (unpaired) electrons. The van der Waals surface area contributed by atoms with Crippen LogP contribution in [0.2, 0.25) is 0 Å². The van der Waals surface area contributed by atoms with Crippen LogP contribution in [-0.2, 0) is 0 Å². The number of rotatable bonds is 7. The van der Waals surface area contributed by atoms with E-state index in [9.17, 15) is 9.50 Å². The zero-order valence-corrected chi connectivity index (χ0v) is 21.1. The van der Waals surface area contributed by atoms with Crippen LogP contribution in [0.25, 0.3) is 55.3 Å². The Hall–Kier alpha value is -4.29. The second-order valence-electron chi connectivity index (χ2n) is 9.28. The Bertz CT molecular complexity index is 1780. The smallest absolute Gasteiger partial charge is 0.176 e. The Labute approximate surface area is 219 Å². The highest BCUT2D eigenvalue weighted by Gasteiger charge is 2.22. The highest BCUT2D eigenvalue weighted by atomic mass is 32.1. The molecule has 0 fully saturated rings. The number of aromatic nitrogens is 7. The number of thiophene rings is 1. The molecule has 1 atom stereocenters. The lowest BCUT2D eigenvalue weighted by Crippen LogP contribution is -2.20. The number of nitrogens with zero attached hydrogens (tertiary/aromatic N) is 5. The summed E-state index contributed by atoms with van der Waals surface area (Å²) in [6, 6.07) is 6.53. The normalized spacial score (nSPS) is 12.6. The van der Waals surface area contributed by atoms with Gasteiger partial charge in [0, 0.05) is 28.4 Å². The van der Waals surface area contributed by atoms with Gasteiger partial charge in [0.15, 0.2) is 22.4 Å². The number of H-pyrrole nitrogens is 2. The highest BCUT2D eigenvalue weighted by molar-refractivity contribution is 7.14. The Morgan fingerprint density at radius 1 is 1.08 bits per heavy atom. The average molecular weight is 533 g/mol. The van der Waals surface area contributed by atoms with Gasteiger partial charge < -0.3 is 15.4 Å². The fourth-order valence-electron chi connectivity index (χ4n) is 4.37. The predicted octanol–water partition coefficient (Wildman–Crippen LogP) is 5.74. The van der Waals surface area contributed by atoms with Gasteiger partial charge in [-0.25, -0.2) is 14.4 Å². The van der Waals surface area contributed by atoms with Crippen molar-refractivity contribution in [2.24, 2.45) is 5.92 Å². The molecule has 9 nitrogen and oxygen atoms in total. The molecule has 0 aliphatic carbocycles. The first-order chi connectivity index (χ1) is 18.4. The minimum Gasteiger partial charge on any atom is -0.374 e. The SMILES string of the molecule is CC(C)CC(O)Nc1cncc(-c2ncc3[nH]nc(-c4nc5c(-c6ccc(F)s6)ccnc5[nH]4)c3c2F)c1. The summed E-state index contributed by atoms with van der Waals surface area (Å²) >= 11 is 1.01. The molecule has 0 spiro atoms. The van der Waals surface area contributed by atoms with E-state index in [0.717, 1.165) is 11.3 Å². The van der Waals surface area contributed by atoms with E-state index in [4.69, 9.17) is 0 Å². The quantitative estimate of drug-likeness (QED) is 0.193. The number of hydrogen-bond donors (Lipinski definition) is 4. The van der Waals surface area contributed by atoms with Crippen molar-refractivity contribution in [2.45, 2.75) is 26.5 Å². The zero-order chi connectivity index (χ0) is 26.4. The van der Waals surface area contributed by atoms with E-state index in [-0.39, 0.29) is 21.9 Å². The van der Waals surface area contributed by atoms with Gasteiger partial charge in [0.25, 0.3) is 0 Å². The third kappa shape index (κ3) is 4.37. The zero-order valence-electron chi connectivity index (χ0n) is 20.3. The largest absolute Gasteiger partial charge is 0.374 e. The van der Waals surface area contributed by atoms with Crippen molar-refractivity contribution >= 4 is 39.1 Å². The molecule has 192 valence electrons. The number of halogens is 2. The van der Waals surface area contributed by atoms with Crippen LogP contribution in [0.3, 0.4) is 0 Å². The summed E-state index contributed by atoms with van der Waals surface area (Å²) < 4.78 is 29.7. The standard InChI is InChI=1S/C26H22F2N8OS/c1-12(2)7-19(37)32-14-8-13(9-29-10-14)22-21(28)20-16(11-31-22)35-36-24(20)26-33-23-15(5-6-30-25(23)34-26)17-3-4-18(27)38-17/h3-6,8-12,19,32,37H,7H2,1-2H3,(H,35,36)(H,30,33,34). The van der Waals surface area contributed by atoms with E-state index in [0.29, 0.717) is 56.5 Å². The molecule has 0 aliphatic heterocycles. The summed E-state index contributed by atoms with van der Waals surface area (Å²) in [6.07, 6.45) is 5.97. The number of imidazole rings is 1. The number of anilines is 1. The van der Waals surface area contributed by atoms with Crippen molar-refractivity contribution in [3.63, 3.8) is 0 Å². The fraction of sp³-hybridized carbons (Fsp3) is 0.192. The van der Waals surface area contributed by atoms with Gasteiger partial charge in [0.05, 0.1) is 29.0 Å². The van der Waals surface area contributed by atoms with Gasteiger partial charge in [-0.2, -0.15) is 9.49 Å². The minimum atomic E-state index is -0.759. The second-order valence-corrected chi connectivity index (χ2v) is 10.3. The van der Waals surface area contributed by atoms with Crippen molar-refractivity contribution in [2.75, 3.05) is 5.32 Å². The molecular weight excluding hydrogens is 510 g/mol. The van der Waals surface area contributed by atoms with Gasteiger partial charge in [0.2, 0.25) is 0 Å². The molecule has 6 aromatic rings. The van der Waals surface area contributed by atoms with Crippen LogP contribution in [0.15, 0.2) is 49.1 Å². The Balaban J connectivity index is 1.41. The summed E-state index contributed by atoms with van der Waals surface area (Å²) in [4.78, 5) is 21.3. The molecule has 4 N–H and O–H groups in total. The Morgan fingerprint density at radius 2 is 1.95 bits per heavy atom. The second kappa shape index (κ2) is 9.54. The number of aliphatic hydroxyl groups is 1. The topological polar surface area (TPSA) is 128 Å². The molecule has 0 bridgehead atoms. The molecule has 6 rings (SSSR count). The highest BCUT2D eigenvalue weighted by Crippen LogP contribution is 2.35. The average Bonchev–Trinajstić information content (AvgIpc) is 3.61. The van der Waals surface area contributed by atoms with Gasteiger partial charge in [-0.3, -0.25) is 15.1 Å². The molecule has 12 heteroatoms. The van der Waals surface area contributed by atoms with Crippen LogP contribution >= 0.6 is 11.3 Å². The summed E-state index contributed by atoms with van der Waals surface area (Å²) in [6.45, 7) is 4.02. The Morgan fingerprint density at radius 3 is 2.74 bits per heavy atom. The molecule has 0 aliphatic rings. The van der Waals surface area contributed by atoms with Gasteiger partial charge in [-0.1, -0.05) is 13.8 Å². The van der Waals surface area contributed by atoms with Crippen molar-refractivity contribution in [1.29, 1.82) is 0 Å². The molecule has 38 heavy (non-hydrogen) atoms. The first kappa shape index (κ1) is 24.1. The van der Waals surface area contributed by atoms with Crippen LogP contribution < -0.4 is 5.32 Å². The van der Waals surface area contributed by atoms with Crippen LogP contribution in [0.5, 0.6) is 0 Å². The van der Waals surface area contributed by atoms with Gasteiger partial charge >= 0.3 is 0 Å². The molecule has 6 heterocycles. The lowest BCUT2D eigenvalue weighted by molar-refractivity contribution is 0.176. The fourth-order valence-corrected chi connectivity index (χ4v) is 5.13. The minimum absolute atomic E-state index is 0.0821. The summed E-state index contributed by atoms with van der Waals surface area (Å²) in [5, 5.41) is 20.3. The number of hydrogen-bond acceptors (Lipinski definition) is 8. The van der Waals surface area contributed by atoms with Gasteiger partial charge in [-0.15, -0.1) is 11.3 Å². The van der Waals surface area contributed by atoms with E-state index >= 15 is 4.39 Å². The molecule has 0 amide bonds. The number of fused-ring (bicyclic) bond motifs is 2. The van der Waals surface area contributed by atoms with Crippen LogP contribution in [0.4, 0.5) is 14.5 Å². The summed E-state index contributed by atoms with van der Waals surface area (Å²) in [7, 11) is 0. The maximum atomic E-state index is 16.0. The van der Waals surface area contributed by atoms with Crippen molar-refractivity contribution in [3.05, 3.63) is 60.0 Å². The van der Waals surface area contributed by atoms with E-state index < -0.39 is 12.0 Å². The molecule has 6 aromatic heterocycles. The third-order valence-corrected chi connectivity index (χ3v) is 6.94. The van der Waals surface area contributed by atoms with Gasteiger partial charge in [0.1, 0.15) is 23.1 Å². The maximum Gasteiger partial charge on any atom is 0.176 e. The van der Waals surface area contributed by atoms with E-state index in [1.165, 1.54) is 18.5 Å². The van der Waals surface area contributed by atoms with Crippen molar-refractivity contribution < 1.29 is 13.9 Å². The summed E-state index contributed by atoms with van der Waals surface area (Å²) in [5.41, 5.74) is 3.43. The van der Waals surface area contributed by atoms with Crippen LogP contribution in [0.1, 0.15) is 20.3 Å². The number of pyridine rings is 3. The van der Waals surface area contributed by atoms with Crippen LogP contribution in [-0.4, -0.2) is 46.5 Å². The molecule has 0 saturated heterocycles. The molecule has 0 aromatic carbocycles. The summed E-state index contributed by atoms with van der Waals surface area (Å²) in [5.74, 6) is 0.0113. The van der Waals surface area contributed by atoms with Gasteiger partial charge in [-0.05, 0) is 36.6 Å². The first-order valence-corrected chi connectivity index (χ1v) is 12.7. The van der Waals surface area contributed by atoms with Crippen molar-refractivity contribution in [3.8, 4) is 33.2 Å². The Kier molecular flexibility index (Phi) is 6.04. The third-order valence-electron chi connectivity index (χ3n) is 6.03. The van der Waals surface area contributed by atoms with E-state index in [2.05, 4.69) is 40.4 Å². The molecule has 1 unspecified atom stereocenters. The number of aliphatic hydroxyl groups excluding tert-OH is 1. The monoisotopic (exact) mass is 532 g/mol. The number of aromatic amines is 2. The first-order valence-electron chi connectivity index (χ1n) is 11.9. The van der Waals surface area contributed by atoms with Crippen molar-refractivity contribution in [1.82, 2.24) is 35.1 Å². The maximum absolute atomic E-state index is 16.0. The molecule has 0 saturated carbocycles.